The lowest BCUT2D eigenvalue weighted by atomic mass is 9.67. The van der Waals surface area contributed by atoms with Gasteiger partial charge in [-0.25, -0.2) is 0 Å². The van der Waals surface area contributed by atoms with E-state index in [4.69, 9.17) is 0 Å². The van der Waals surface area contributed by atoms with Crippen LogP contribution < -0.4 is 0 Å². The van der Waals surface area contributed by atoms with Gasteiger partial charge in [-0.05, 0) is 97.4 Å². The Hall–Kier alpha value is -6.44. The van der Waals surface area contributed by atoms with E-state index in [-0.39, 0.29) is 10.8 Å². The van der Waals surface area contributed by atoms with E-state index in [2.05, 4.69) is 206 Å². The molecule has 0 aliphatic heterocycles. The molecule has 0 spiro atoms. The Morgan fingerprint density at radius 2 is 0.889 bits per heavy atom. The van der Waals surface area contributed by atoms with Crippen LogP contribution >= 0.6 is 0 Å². The highest BCUT2D eigenvalue weighted by Crippen LogP contribution is 2.56. The van der Waals surface area contributed by atoms with Crippen LogP contribution in [-0.4, -0.2) is 4.57 Å². The van der Waals surface area contributed by atoms with Crippen LogP contribution in [0.25, 0.3) is 49.7 Å². The Kier molecular flexibility index (Phi) is 6.64. The van der Waals surface area contributed by atoms with E-state index < -0.39 is 0 Å². The summed E-state index contributed by atoms with van der Waals surface area (Å²) in [5, 5.41) is 2.59. The van der Waals surface area contributed by atoms with Crippen molar-refractivity contribution in [2.45, 2.75) is 31.1 Å². The molecule has 0 atom stereocenters. The van der Waals surface area contributed by atoms with Crippen molar-refractivity contribution in [1.82, 2.24) is 4.57 Å². The van der Waals surface area contributed by atoms with Crippen LogP contribution in [0.2, 0.25) is 0 Å². The lowest BCUT2D eigenvalue weighted by Gasteiger charge is -2.33. The third-order valence-electron chi connectivity index (χ3n) is 12.5. The highest BCUT2D eigenvalue weighted by atomic mass is 15.0. The second-order valence-electron chi connectivity index (χ2n) is 15.7. The highest BCUT2D eigenvalue weighted by Gasteiger charge is 2.46. The number of aromatic nitrogens is 1. The second-order valence-corrected chi connectivity index (χ2v) is 15.7. The summed E-state index contributed by atoms with van der Waals surface area (Å²) in [4.78, 5) is 0. The van der Waals surface area contributed by atoms with Crippen LogP contribution in [0.15, 0.2) is 188 Å². The van der Waals surface area contributed by atoms with Crippen LogP contribution in [0.1, 0.15) is 58.4 Å². The summed E-state index contributed by atoms with van der Waals surface area (Å²) < 4.78 is 2.44. The van der Waals surface area contributed by atoms with Crippen LogP contribution in [0, 0.1) is 0 Å². The van der Waals surface area contributed by atoms with Gasteiger partial charge in [-0.3, -0.25) is 0 Å². The standard InChI is InChI=1S/C53H39N/c1-52(2)48-33-36(25-28-41(48)42-29-27-39(34-49(42)52)54-50-23-13-10-20-43(50)44-21-11-14-24-51(44)54)31-35-26-30-47-45(32-35)40-19-9-12-22-46(40)53(47,37-15-5-3-6-16-37)38-17-7-4-8-18-38/h3-30,32-34H,31H2,1-2H3. The number of para-hydroxylation sites is 2. The number of fused-ring (bicyclic) bond motifs is 9. The molecule has 256 valence electrons. The topological polar surface area (TPSA) is 4.93 Å². The zero-order valence-electron chi connectivity index (χ0n) is 30.6. The number of hydrogen-bond donors (Lipinski definition) is 0. The molecule has 2 aliphatic rings. The molecule has 54 heavy (non-hydrogen) atoms. The Morgan fingerprint density at radius 3 is 1.57 bits per heavy atom. The molecule has 0 fully saturated rings. The lowest BCUT2D eigenvalue weighted by molar-refractivity contribution is 0.659. The molecule has 11 rings (SSSR count). The molecule has 1 nitrogen and oxygen atoms in total. The number of nitrogens with zero attached hydrogens (tertiary/aromatic N) is 1. The fourth-order valence-electron chi connectivity index (χ4n) is 10.1. The summed E-state index contributed by atoms with van der Waals surface area (Å²) in [6, 6.07) is 70.3. The monoisotopic (exact) mass is 689 g/mol. The first-order chi connectivity index (χ1) is 26.5. The summed E-state index contributed by atoms with van der Waals surface area (Å²) in [5.74, 6) is 0. The van der Waals surface area contributed by atoms with E-state index in [0.717, 1.165) is 6.42 Å². The third-order valence-corrected chi connectivity index (χ3v) is 12.5. The average molecular weight is 690 g/mol. The Balaban J connectivity index is 0.986. The Morgan fingerprint density at radius 1 is 0.389 bits per heavy atom. The molecule has 9 aromatic rings. The van der Waals surface area contributed by atoms with Crippen molar-refractivity contribution in [1.29, 1.82) is 0 Å². The molecular weight excluding hydrogens is 651 g/mol. The predicted octanol–water partition coefficient (Wildman–Crippen LogP) is 13.0. The summed E-state index contributed by atoms with van der Waals surface area (Å²) in [7, 11) is 0. The van der Waals surface area contributed by atoms with Gasteiger partial charge in [0.1, 0.15) is 0 Å². The van der Waals surface area contributed by atoms with Gasteiger partial charge < -0.3 is 4.57 Å². The zero-order chi connectivity index (χ0) is 36.0. The molecule has 0 radical (unpaired) electrons. The maximum absolute atomic E-state index is 2.48. The number of benzene rings is 8. The maximum atomic E-state index is 2.48. The first-order valence-electron chi connectivity index (χ1n) is 19.1. The molecule has 0 N–H and O–H groups in total. The van der Waals surface area contributed by atoms with Gasteiger partial charge in [-0.15, -0.1) is 0 Å². The van der Waals surface area contributed by atoms with Crippen molar-refractivity contribution in [2.75, 3.05) is 0 Å². The van der Waals surface area contributed by atoms with E-state index in [9.17, 15) is 0 Å². The number of rotatable bonds is 5. The Labute approximate surface area is 316 Å². The van der Waals surface area contributed by atoms with Gasteiger partial charge in [0, 0.05) is 21.9 Å². The summed E-state index contributed by atoms with van der Waals surface area (Å²) >= 11 is 0. The third kappa shape index (κ3) is 4.27. The second kappa shape index (κ2) is 11.5. The van der Waals surface area contributed by atoms with Gasteiger partial charge in [0.15, 0.2) is 0 Å². The quantitative estimate of drug-likeness (QED) is 0.170. The molecule has 8 aromatic carbocycles. The van der Waals surface area contributed by atoms with Crippen molar-refractivity contribution in [3.63, 3.8) is 0 Å². The van der Waals surface area contributed by atoms with Crippen LogP contribution in [0.5, 0.6) is 0 Å². The normalized spacial score (nSPS) is 14.5. The highest BCUT2D eigenvalue weighted by molar-refractivity contribution is 6.09. The molecule has 2 aliphatic carbocycles. The average Bonchev–Trinajstić information content (AvgIpc) is 3.80. The Bertz CT molecular complexity index is 2830. The van der Waals surface area contributed by atoms with Gasteiger partial charge in [-0.2, -0.15) is 0 Å². The minimum atomic E-state index is -0.367. The largest absolute Gasteiger partial charge is 0.309 e. The van der Waals surface area contributed by atoms with Gasteiger partial charge in [0.2, 0.25) is 0 Å². The van der Waals surface area contributed by atoms with Crippen LogP contribution in [0.4, 0.5) is 0 Å². The summed E-state index contributed by atoms with van der Waals surface area (Å²) in [6.07, 6.45) is 0.880. The minimum absolute atomic E-state index is 0.128. The van der Waals surface area contributed by atoms with E-state index in [1.807, 2.05) is 0 Å². The van der Waals surface area contributed by atoms with Gasteiger partial charge in [0.25, 0.3) is 0 Å². The molecule has 0 amide bonds. The lowest BCUT2D eigenvalue weighted by Crippen LogP contribution is -2.28. The fourth-order valence-corrected chi connectivity index (χ4v) is 10.1. The van der Waals surface area contributed by atoms with E-state index >= 15 is 0 Å². The van der Waals surface area contributed by atoms with E-state index in [1.54, 1.807) is 0 Å². The SMILES string of the molecule is CC1(C)c2cc(Cc3ccc4c(c3)-c3ccccc3C4(c3ccccc3)c3ccccc3)ccc2-c2ccc(-n3c4ccccc4c4ccccc43)cc21. The van der Waals surface area contributed by atoms with Crippen molar-refractivity contribution in [3.8, 4) is 27.9 Å². The summed E-state index contributed by atoms with van der Waals surface area (Å²) in [5.41, 5.74) is 19.4. The minimum Gasteiger partial charge on any atom is -0.309 e. The molecule has 0 bridgehead atoms. The molecule has 0 unspecified atom stereocenters. The summed E-state index contributed by atoms with van der Waals surface area (Å²) in [6.45, 7) is 4.80. The fraction of sp³-hybridized carbons (Fsp3) is 0.0943. The van der Waals surface area contributed by atoms with Crippen LogP contribution in [0.3, 0.4) is 0 Å². The first kappa shape index (κ1) is 31.1. The predicted molar refractivity (Wildman–Crippen MR) is 225 cm³/mol. The molecular formula is C53H39N. The van der Waals surface area contributed by atoms with E-state index in [0.29, 0.717) is 0 Å². The zero-order valence-corrected chi connectivity index (χ0v) is 30.6. The van der Waals surface area contributed by atoms with Crippen molar-refractivity contribution in [3.05, 3.63) is 233 Å². The van der Waals surface area contributed by atoms with Crippen LogP contribution in [-0.2, 0) is 17.3 Å². The number of hydrogen-bond acceptors (Lipinski definition) is 0. The van der Waals surface area contributed by atoms with Crippen molar-refractivity contribution < 1.29 is 0 Å². The smallest absolute Gasteiger partial charge is 0.0713 e. The molecule has 1 aromatic heterocycles. The van der Waals surface area contributed by atoms with Gasteiger partial charge in [-0.1, -0.05) is 178 Å². The van der Waals surface area contributed by atoms with Crippen molar-refractivity contribution >= 4 is 21.8 Å². The molecule has 1 heterocycles. The molecule has 0 saturated heterocycles. The molecule has 0 saturated carbocycles. The van der Waals surface area contributed by atoms with Crippen molar-refractivity contribution in [2.24, 2.45) is 0 Å². The van der Waals surface area contributed by atoms with Gasteiger partial charge >= 0.3 is 0 Å². The molecule has 1 heteroatoms. The maximum Gasteiger partial charge on any atom is 0.0713 e. The van der Waals surface area contributed by atoms with E-state index in [1.165, 1.54) is 94.3 Å². The van der Waals surface area contributed by atoms with Gasteiger partial charge in [0.05, 0.1) is 16.4 Å². The first-order valence-corrected chi connectivity index (χ1v) is 19.1.